The van der Waals surface area contributed by atoms with Gasteiger partial charge in [-0.2, -0.15) is 0 Å². The summed E-state index contributed by atoms with van der Waals surface area (Å²) in [6.45, 7) is 8.39. The molecule has 29 heavy (non-hydrogen) atoms. The second-order valence-electron chi connectivity index (χ2n) is 6.45. The van der Waals surface area contributed by atoms with Crippen LogP contribution in [-0.2, 0) is 6.54 Å². The molecule has 0 aromatic heterocycles. The summed E-state index contributed by atoms with van der Waals surface area (Å²) in [5, 5.41) is 6.66. The molecule has 1 amide bonds. The number of carbonyl (C=O) groups excluding carboxylic acids is 1. The SMILES string of the molecule is CCNC(=NCc1ccc(C(N)=O)cc1)NCCCN(CC)c1ccccc1.I. The van der Waals surface area contributed by atoms with Crippen LogP contribution in [0.15, 0.2) is 59.6 Å². The molecule has 2 aromatic rings. The number of nitrogens with one attached hydrogen (secondary N) is 2. The van der Waals surface area contributed by atoms with Gasteiger partial charge < -0.3 is 21.3 Å². The number of nitrogens with two attached hydrogens (primary N) is 1. The molecule has 0 bridgehead atoms. The van der Waals surface area contributed by atoms with E-state index in [9.17, 15) is 4.79 Å². The molecule has 4 N–H and O–H groups in total. The van der Waals surface area contributed by atoms with Crippen LogP contribution in [0.25, 0.3) is 0 Å². The Kier molecular flexibility index (Phi) is 11.8. The first-order valence-corrected chi connectivity index (χ1v) is 9.85. The zero-order valence-electron chi connectivity index (χ0n) is 17.2. The summed E-state index contributed by atoms with van der Waals surface area (Å²) in [5.74, 6) is 0.380. The molecule has 0 heterocycles. The van der Waals surface area contributed by atoms with Gasteiger partial charge in [-0.3, -0.25) is 4.79 Å². The van der Waals surface area contributed by atoms with Gasteiger partial charge in [0.1, 0.15) is 0 Å². The van der Waals surface area contributed by atoms with Crippen LogP contribution in [0.3, 0.4) is 0 Å². The Balaban J connectivity index is 0.00000420. The number of nitrogens with zero attached hydrogens (tertiary/aromatic N) is 2. The molecule has 0 radical (unpaired) electrons. The van der Waals surface area contributed by atoms with E-state index in [2.05, 4.69) is 51.7 Å². The van der Waals surface area contributed by atoms with Crippen LogP contribution < -0.4 is 21.3 Å². The highest BCUT2D eigenvalue weighted by Gasteiger charge is 2.04. The van der Waals surface area contributed by atoms with E-state index in [1.165, 1.54) is 5.69 Å². The van der Waals surface area contributed by atoms with Crippen molar-refractivity contribution in [2.75, 3.05) is 31.1 Å². The van der Waals surface area contributed by atoms with Crippen LogP contribution in [0, 0.1) is 0 Å². The smallest absolute Gasteiger partial charge is 0.248 e. The molecule has 0 aliphatic heterocycles. The molecule has 2 aromatic carbocycles. The largest absolute Gasteiger partial charge is 0.372 e. The number of amides is 1. The minimum atomic E-state index is -0.415. The van der Waals surface area contributed by atoms with Crippen molar-refractivity contribution in [2.24, 2.45) is 10.7 Å². The summed E-state index contributed by atoms with van der Waals surface area (Å²) in [7, 11) is 0. The third kappa shape index (κ3) is 8.72. The van der Waals surface area contributed by atoms with Gasteiger partial charge in [0, 0.05) is 37.4 Å². The molecule has 0 fully saturated rings. The molecule has 0 aliphatic rings. The lowest BCUT2D eigenvalue weighted by Crippen LogP contribution is -2.38. The van der Waals surface area contributed by atoms with Gasteiger partial charge in [0.2, 0.25) is 5.91 Å². The second kappa shape index (κ2) is 13.8. The zero-order chi connectivity index (χ0) is 20.2. The van der Waals surface area contributed by atoms with E-state index in [1.54, 1.807) is 12.1 Å². The van der Waals surface area contributed by atoms with Crippen molar-refractivity contribution >= 4 is 41.5 Å². The van der Waals surface area contributed by atoms with E-state index < -0.39 is 5.91 Å². The Morgan fingerprint density at radius 2 is 1.72 bits per heavy atom. The van der Waals surface area contributed by atoms with Crippen molar-refractivity contribution in [3.8, 4) is 0 Å². The van der Waals surface area contributed by atoms with E-state index in [0.29, 0.717) is 12.1 Å². The highest BCUT2D eigenvalue weighted by atomic mass is 127. The van der Waals surface area contributed by atoms with Crippen LogP contribution in [0.4, 0.5) is 5.69 Å². The van der Waals surface area contributed by atoms with E-state index in [1.807, 2.05) is 25.1 Å². The standard InChI is InChI=1S/C22H31N5O.HI/c1-3-24-22(26-17-18-11-13-19(14-12-18)21(23)28)25-15-8-16-27(4-2)20-9-6-5-7-10-20;/h5-7,9-14H,3-4,8,15-17H2,1-2H3,(H2,23,28)(H2,24,25,26);1H. The number of hydrogen-bond donors (Lipinski definition) is 3. The fourth-order valence-electron chi connectivity index (χ4n) is 2.87. The monoisotopic (exact) mass is 509 g/mol. The Morgan fingerprint density at radius 3 is 2.31 bits per heavy atom. The highest BCUT2D eigenvalue weighted by molar-refractivity contribution is 14.0. The molecule has 6 nitrogen and oxygen atoms in total. The van der Waals surface area contributed by atoms with Gasteiger partial charge in [0.15, 0.2) is 5.96 Å². The summed E-state index contributed by atoms with van der Waals surface area (Å²) in [6.07, 6.45) is 1.01. The second-order valence-corrected chi connectivity index (χ2v) is 6.45. The Labute approximate surface area is 191 Å². The lowest BCUT2D eigenvalue weighted by Gasteiger charge is -2.23. The number of benzene rings is 2. The van der Waals surface area contributed by atoms with Crippen LogP contribution in [-0.4, -0.2) is 38.0 Å². The molecule has 0 spiro atoms. The van der Waals surface area contributed by atoms with E-state index in [0.717, 1.165) is 44.1 Å². The zero-order valence-corrected chi connectivity index (χ0v) is 19.6. The lowest BCUT2D eigenvalue weighted by molar-refractivity contribution is 0.100. The van der Waals surface area contributed by atoms with Crippen molar-refractivity contribution < 1.29 is 4.79 Å². The molecule has 0 saturated carbocycles. The summed E-state index contributed by atoms with van der Waals surface area (Å²) < 4.78 is 0. The number of hydrogen-bond acceptors (Lipinski definition) is 3. The number of aliphatic imine (C=N–C) groups is 1. The Hall–Kier alpha value is -2.29. The third-order valence-electron chi connectivity index (χ3n) is 4.40. The molecule has 0 aliphatic carbocycles. The molecule has 158 valence electrons. The fraction of sp³-hybridized carbons (Fsp3) is 0.364. The van der Waals surface area contributed by atoms with Crippen LogP contribution in [0.5, 0.6) is 0 Å². The number of rotatable bonds is 10. The maximum atomic E-state index is 11.1. The summed E-state index contributed by atoms with van der Waals surface area (Å²) in [4.78, 5) is 18.1. The number of para-hydroxylation sites is 1. The molecular weight excluding hydrogens is 477 g/mol. The van der Waals surface area contributed by atoms with Crippen molar-refractivity contribution in [1.82, 2.24) is 10.6 Å². The molecule has 0 atom stereocenters. The predicted octanol–water partition coefficient (Wildman–Crippen LogP) is 3.38. The van der Waals surface area contributed by atoms with Gasteiger partial charge in [0.05, 0.1) is 6.54 Å². The van der Waals surface area contributed by atoms with E-state index in [-0.39, 0.29) is 24.0 Å². The molecular formula is C22H32IN5O. The van der Waals surface area contributed by atoms with Gasteiger partial charge in [-0.05, 0) is 50.1 Å². The van der Waals surface area contributed by atoms with Gasteiger partial charge in [-0.1, -0.05) is 30.3 Å². The average molecular weight is 509 g/mol. The van der Waals surface area contributed by atoms with Gasteiger partial charge >= 0.3 is 0 Å². The first kappa shape index (κ1) is 24.7. The number of primary amides is 1. The minimum absolute atomic E-state index is 0. The Bertz CT molecular complexity index is 750. The van der Waals surface area contributed by atoms with Crippen molar-refractivity contribution in [2.45, 2.75) is 26.8 Å². The quantitative estimate of drug-likeness (QED) is 0.199. The first-order valence-electron chi connectivity index (χ1n) is 9.85. The minimum Gasteiger partial charge on any atom is -0.372 e. The molecule has 0 saturated heterocycles. The highest BCUT2D eigenvalue weighted by Crippen LogP contribution is 2.12. The van der Waals surface area contributed by atoms with Crippen LogP contribution in [0.1, 0.15) is 36.2 Å². The molecule has 2 rings (SSSR count). The van der Waals surface area contributed by atoms with Crippen molar-refractivity contribution in [3.05, 3.63) is 65.7 Å². The topological polar surface area (TPSA) is 82.7 Å². The molecule has 7 heteroatoms. The summed E-state index contributed by atoms with van der Waals surface area (Å²) in [6, 6.07) is 17.7. The van der Waals surface area contributed by atoms with Gasteiger partial charge in [-0.15, -0.1) is 24.0 Å². The number of halogens is 1. The first-order chi connectivity index (χ1) is 13.6. The van der Waals surface area contributed by atoms with Crippen molar-refractivity contribution in [3.63, 3.8) is 0 Å². The van der Waals surface area contributed by atoms with Crippen molar-refractivity contribution in [1.29, 1.82) is 0 Å². The average Bonchev–Trinajstić information content (AvgIpc) is 2.73. The number of anilines is 1. The maximum Gasteiger partial charge on any atom is 0.248 e. The van der Waals surface area contributed by atoms with Crippen LogP contribution in [0.2, 0.25) is 0 Å². The molecule has 0 unspecified atom stereocenters. The number of carbonyl (C=O) groups is 1. The fourth-order valence-corrected chi connectivity index (χ4v) is 2.87. The predicted molar refractivity (Wildman–Crippen MR) is 132 cm³/mol. The third-order valence-corrected chi connectivity index (χ3v) is 4.40. The summed E-state index contributed by atoms with van der Waals surface area (Å²) >= 11 is 0. The number of guanidine groups is 1. The van der Waals surface area contributed by atoms with Gasteiger partial charge in [0.25, 0.3) is 0 Å². The van der Waals surface area contributed by atoms with Crippen LogP contribution >= 0.6 is 24.0 Å². The van der Waals surface area contributed by atoms with E-state index >= 15 is 0 Å². The Morgan fingerprint density at radius 1 is 1.03 bits per heavy atom. The normalized spacial score (nSPS) is 10.8. The van der Waals surface area contributed by atoms with Gasteiger partial charge in [-0.25, -0.2) is 4.99 Å². The maximum absolute atomic E-state index is 11.1. The van der Waals surface area contributed by atoms with E-state index in [4.69, 9.17) is 5.73 Å². The summed E-state index contributed by atoms with van der Waals surface area (Å²) in [5.41, 5.74) is 8.07. The lowest BCUT2D eigenvalue weighted by atomic mass is 10.1.